The molecule has 0 aliphatic carbocycles. The maximum Gasteiger partial charge on any atom is 0.324 e. The molecule has 2 N–H and O–H groups in total. The van der Waals surface area contributed by atoms with Crippen LogP contribution >= 0.6 is 0 Å². The molecule has 0 saturated heterocycles. The van der Waals surface area contributed by atoms with Crippen molar-refractivity contribution < 1.29 is 36.6 Å². The molecule has 0 unspecified atom stereocenters. The van der Waals surface area contributed by atoms with E-state index in [-0.39, 0.29) is 42.8 Å². The fourth-order valence-electron chi connectivity index (χ4n) is 5.06. The van der Waals surface area contributed by atoms with Crippen molar-refractivity contribution in [3.8, 4) is 0 Å². The van der Waals surface area contributed by atoms with Gasteiger partial charge in [-0.15, -0.1) is 0 Å². The summed E-state index contributed by atoms with van der Waals surface area (Å²) in [5.74, 6) is -2.81. The van der Waals surface area contributed by atoms with Crippen molar-refractivity contribution >= 4 is 54.1 Å². The summed E-state index contributed by atoms with van der Waals surface area (Å²) in [4.78, 5) is 23.7. The highest BCUT2D eigenvalue weighted by Crippen LogP contribution is 2.39. The zero-order chi connectivity index (χ0) is 34.2. The van der Waals surface area contributed by atoms with Crippen molar-refractivity contribution in [1.82, 2.24) is 0 Å². The van der Waals surface area contributed by atoms with E-state index in [1.54, 1.807) is 36.4 Å². The van der Waals surface area contributed by atoms with E-state index in [1.165, 1.54) is 48.5 Å². The number of carbonyl (C=O) groups is 2. The molecule has 4 aromatic carbocycles. The number of fused-ring (bicyclic) bond motifs is 1. The average Bonchev–Trinajstić information content (AvgIpc) is 2.97. The lowest BCUT2D eigenvalue weighted by Crippen LogP contribution is -2.37. The van der Waals surface area contributed by atoms with Crippen LogP contribution in [0.25, 0.3) is 10.8 Å². The van der Waals surface area contributed by atoms with Crippen LogP contribution in [0.2, 0.25) is 0 Å². The zero-order valence-corrected chi connectivity index (χ0v) is 28.2. The highest BCUT2D eigenvalue weighted by molar-refractivity contribution is 7.93. The van der Waals surface area contributed by atoms with Crippen LogP contribution in [0.4, 0.5) is 11.4 Å². The van der Waals surface area contributed by atoms with Crippen molar-refractivity contribution in [2.45, 2.75) is 62.2 Å². The van der Waals surface area contributed by atoms with E-state index in [2.05, 4.69) is 0 Å². The van der Waals surface area contributed by atoms with Gasteiger partial charge in [0.2, 0.25) is 0 Å². The van der Waals surface area contributed by atoms with Gasteiger partial charge in [0, 0.05) is 10.8 Å². The van der Waals surface area contributed by atoms with Gasteiger partial charge < -0.3 is 10.2 Å². The molecule has 0 aliphatic rings. The molecule has 12 heteroatoms. The molecule has 0 bridgehead atoms. The van der Waals surface area contributed by atoms with Gasteiger partial charge in [0.1, 0.15) is 13.1 Å². The minimum absolute atomic E-state index is 0.0103. The van der Waals surface area contributed by atoms with E-state index in [1.807, 2.05) is 41.5 Å². The van der Waals surface area contributed by atoms with E-state index < -0.39 is 45.1 Å². The fourth-order valence-corrected chi connectivity index (χ4v) is 7.92. The molecule has 0 radical (unpaired) electrons. The largest absolute Gasteiger partial charge is 0.480 e. The van der Waals surface area contributed by atoms with Gasteiger partial charge in [-0.25, -0.2) is 16.8 Å². The lowest BCUT2D eigenvalue weighted by atomic mass is 9.87. The molecule has 46 heavy (non-hydrogen) atoms. The SMILES string of the molecule is CC(C)(C)c1ccc(S(=O)(=O)N(CC(=O)O)c2ccc(N(CC(=O)O)S(=O)(=O)c3ccc(C(C)(C)C)cc3)c3ccccc23)cc1. The third-order valence-corrected chi connectivity index (χ3v) is 11.1. The maximum absolute atomic E-state index is 14.0. The van der Waals surface area contributed by atoms with Crippen LogP contribution < -0.4 is 8.61 Å². The monoisotopic (exact) mass is 666 g/mol. The number of anilines is 2. The van der Waals surface area contributed by atoms with Crippen LogP contribution in [-0.4, -0.2) is 52.1 Å². The number of aliphatic carboxylic acids is 2. The number of carboxylic acid groups (broad SMARTS) is 2. The molecular weight excluding hydrogens is 629 g/mol. The average molecular weight is 667 g/mol. The first-order valence-corrected chi connectivity index (χ1v) is 17.3. The Hall–Kier alpha value is -4.42. The van der Waals surface area contributed by atoms with Crippen molar-refractivity contribution in [2.24, 2.45) is 0 Å². The summed E-state index contributed by atoms with van der Waals surface area (Å²) in [5.41, 5.74) is 1.27. The summed E-state index contributed by atoms with van der Waals surface area (Å²) < 4.78 is 57.3. The topological polar surface area (TPSA) is 149 Å². The Kier molecular flexibility index (Phi) is 9.29. The summed E-state index contributed by atoms with van der Waals surface area (Å²) in [5, 5.41) is 20.0. The predicted octanol–water partition coefficient (Wildman–Crippen LogP) is 5.99. The molecule has 4 rings (SSSR count). The van der Waals surface area contributed by atoms with Crippen molar-refractivity contribution in [3.05, 3.63) is 96.1 Å². The lowest BCUT2D eigenvalue weighted by Gasteiger charge is -2.28. The molecule has 0 fully saturated rings. The van der Waals surface area contributed by atoms with Gasteiger partial charge in [0.15, 0.2) is 0 Å². The van der Waals surface area contributed by atoms with Crippen LogP contribution in [0.15, 0.2) is 94.7 Å². The number of nitrogens with zero attached hydrogens (tertiary/aromatic N) is 2. The number of rotatable bonds is 10. The first-order valence-electron chi connectivity index (χ1n) is 14.5. The highest BCUT2D eigenvalue weighted by atomic mass is 32.2. The maximum atomic E-state index is 14.0. The van der Waals surface area contributed by atoms with Gasteiger partial charge in [0.25, 0.3) is 20.0 Å². The fraction of sp³-hybridized carbons (Fsp3) is 0.294. The van der Waals surface area contributed by atoms with Crippen LogP contribution in [-0.2, 0) is 40.5 Å². The van der Waals surface area contributed by atoms with Crippen LogP contribution in [0.1, 0.15) is 52.7 Å². The molecule has 0 aromatic heterocycles. The van der Waals surface area contributed by atoms with Crippen LogP contribution in [0.5, 0.6) is 0 Å². The number of hydrogen-bond acceptors (Lipinski definition) is 6. The molecule has 10 nitrogen and oxygen atoms in total. The molecule has 0 spiro atoms. The Labute approximate surface area is 270 Å². The molecule has 0 atom stereocenters. The third kappa shape index (κ3) is 7.02. The van der Waals surface area contributed by atoms with E-state index >= 15 is 0 Å². The first kappa shape index (κ1) is 34.5. The highest BCUT2D eigenvalue weighted by Gasteiger charge is 2.32. The Morgan fingerprint density at radius 3 is 1.11 bits per heavy atom. The van der Waals surface area contributed by atoms with E-state index in [0.29, 0.717) is 0 Å². The van der Waals surface area contributed by atoms with Gasteiger partial charge in [-0.3, -0.25) is 18.2 Å². The smallest absolute Gasteiger partial charge is 0.324 e. The number of hydrogen-bond donors (Lipinski definition) is 2. The standard InChI is InChI=1S/C34H38N2O8S2/c1-33(2,3)23-11-15-25(16-12-23)45(41,42)35(21-31(37)38)29-19-20-30(28-10-8-7-9-27(28)29)36(22-32(39)40)46(43,44)26-17-13-24(14-18-26)34(4,5)6/h7-20H,21-22H2,1-6H3,(H,37,38)(H,39,40). The molecule has 0 aliphatic heterocycles. The summed E-state index contributed by atoms with van der Waals surface area (Å²) >= 11 is 0. The molecule has 0 amide bonds. The van der Waals surface area contributed by atoms with E-state index in [4.69, 9.17) is 0 Å². The first-order chi connectivity index (χ1) is 21.2. The van der Waals surface area contributed by atoms with Gasteiger partial charge in [-0.1, -0.05) is 90.1 Å². The summed E-state index contributed by atoms with van der Waals surface area (Å²) in [6, 6.07) is 21.3. The van der Waals surface area contributed by atoms with Gasteiger partial charge in [-0.2, -0.15) is 0 Å². The Balaban J connectivity index is 1.90. The summed E-state index contributed by atoms with van der Waals surface area (Å²) in [7, 11) is -8.83. The van der Waals surface area contributed by atoms with Crippen LogP contribution in [0.3, 0.4) is 0 Å². The van der Waals surface area contributed by atoms with Gasteiger partial charge in [0.05, 0.1) is 21.2 Å². The quantitative estimate of drug-likeness (QED) is 0.210. The third-order valence-electron chi connectivity index (χ3n) is 7.59. The normalized spacial score (nSPS) is 12.6. The van der Waals surface area contributed by atoms with Crippen molar-refractivity contribution in [2.75, 3.05) is 21.7 Å². The Bertz CT molecular complexity index is 1850. The minimum atomic E-state index is -4.42. The second-order valence-corrected chi connectivity index (χ2v) is 16.7. The van der Waals surface area contributed by atoms with E-state index in [9.17, 15) is 36.6 Å². The second-order valence-electron chi connectivity index (χ2n) is 13.0. The second kappa shape index (κ2) is 12.4. The van der Waals surface area contributed by atoms with E-state index in [0.717, 1.165) is 19.7 Å². The van der Waals surface area contributed by atoms with Crippen molar-refractivity contribution in [1.29, 1.82) is 0 Å². The molecular formula is C34H38N2O8S2. The lowest BCUT2D eigenvalue weighted by molar-refractivity contribution is -0.136. The minimum Gasteiger partial charge on any atom is -0.480 e. The summed E-state index contributed by atoms with van der Waals surface area (Å²) in [6.45, 7) is 10.1. The van der Waals surface area contributed by atoms with Crippen LogP contribution in [0, 0.1) is 0 Å². The Morgan fingerprint density at radius 1 is 0.543 bits per heavy atom. The predicted molar refractivity (Wildman–Crippen MR) is 179 cm³/mol. The van der Waals surface area contributed by atoms with Crippen molar-refractivity contribution in [3.63, 3.8) is 0 Å². The van der Waals surface area contributed by atoms with Gasteiger partial charge in [-0.05, 0) is 58.4 Å². The number of sulfonamides is 2. The van der Waals surface area contributed by atoms with Gasteiger partial charge >= 0.3 is 11.9 Å². The zero-order valence-electron chi connectivity index (χ0n) is 26.6. The molecule has 0 saturated carbocycles. The molecule has 4 aromatic rings. The molecule has 244 valence electrons. The number of carboxylic acids is 2. The molecule has 0 heterocycles. The summed E-state index contributed by atoms with van der Waals surface area (Å²) in [6.07, 6.45) is 0. The Morgan fingerprint density at radius 2 is 0.848 bits per heavy atom. The number of benzene rings is 4.